The molecule has 1 unspecified atom stereocenters. The molecular weight excluding hydrogens is 258 g/mol. The molecular formula is C8H13BrF2N2O. The second kappa shape index (κ2) is 5.02. The number of halogens is 3. The van der Waals surface area contributed by atoms with Crippen molar-refractivity contribution in [3.63, 3.8) is 0 Å². The summed E-state index contributed by atoms with van der Waals surface area (Å²) in [7, 11) is 0. The van der Waals surface area contributed by atoms with Gasteiger partial charge in [0.05, 0.1) is 12.6 Å². The number of amides is 1. The normalized spacial score (nSPS) is 23.2. The lowest BCUT2D eigenvalue weighted by Gasteiger charge is -2.23. The van der Waals surface area contributed by atoms with Gasteiger partial charge in [0.1, 0.15) is 0 Å². The predicted octanol–water partition coefficient (Wildman–Crippen LogP) is 1.23. The summed E-state index contributed by atoms with van der Waals surface area (Å²) in [5, 5.41) is 5.18. The summed E-state index contributed by atoms with van der Waals surface area (Å²) in [4.78, 5) is 8.30. The molecule has 1 atom stereocenters. The first-order valence-electron chi connectivity index (χ1n) is 4.57. The number of piperidine rings is 1. The maximum Gasteiger partial charge on any atom is 0.318 e. The molecule has 0 spiro atoms. The van der Waals surface area contributed by atoms with Crippen molar-refractivity contribution in [2.24, 2.45) is 0 Å². The van der Waals surface area contributed by atoms with Crippen LogP contribution >= 0.6 is 15.9 Å². The van der Waals surface area contributed by atoms with Gasteiger partial charge in [0, 0.05) is 0 Å². The molecule has 82 valence electrons. The Balaban J connectivity index is 2.27. The van der Waals surface area contributed by atoms with Gasteiger partial charge < -0.3 is 10.6 Å². The minimum absolute atomic E-state index is 0.307. The molecule has 1 amide bonds. The Labute approximate surface area is 89.7 Å². The van der Waals surface area contributed by atoms with E-state index in [1.807, 2.05) is 0 Å². The molecule has 6 heteroatoms. The van der Waals surface area contributed by atoms with Gasteiger partial charge in [0.2, 0.25) is 5.91 Å². The topological polar surface area (TPSA) is 41.1 Å². The molecule has 0 aromatic heterocycles. The molecule has 0 saturated carbocycles. The third-order valence-electron chi connectivity index (χ3n) is 2.09. The van der Waals surface area contributed by atoms with Gasteiger partial charge in [-0.25, -0.2) is 0 Å². The molecule has 0 radical (unpaired) electrons. The van der Waals surface area contributed by atoms with E-state index in [0.29, 0.717) is 0 Å². The van der Waals surface area contributed by atoms with Gasteiger partial charge in [-0.3, -0.25) is 4.79 Å². The number of nitrogens with one attached hydrogen (secondary N) is 2. The van der Waals surface area contributed by atoms with Crippen molar-refractivity contribution >= 4 is 21.8 Å². The summed E-state index contributed by atoms with van der Waals surface area (Å²) in [5.74, 6) is -0.344. The van der Waals surface area contributed by atoms with Gasteiger partial charge >= 0.3 is 4.83 Å². The largest absolute Gasteiger partial charge is 0.348 e. The van der Waals surface area contributed by atoms with E-state index in [0.717, 1.165) is 25.8 Å². The van der Waals surface area contributed by atoms with Crippen LogP contribution in [0.1, 0.15) is 19.3 Å². The van der Waals surface area contributed by atoms with Crippen molar-refractivity contribution in [3.05, 3.63) is 0 Å². The average Bonchev–Trinajstić information content (AvgIpc) is 2.14. The summed E-state index contributed by atoms with van der Waals surface area (Å²) in [6, 6.07) is -0.307. The number of carbonyl (C=O) groups excluding carboxylic acids is 1. The summed E-state index contributed by atoms with van der Waals surface area (Å²) >= 11 is 2.16. The highest BCUT2D eigenvalue weighted by Crippen LogP contribution is 2.19. The van der Waals surface area contributed by atoms with Crippen molar-refractivity contribution < 1.29 is 13.6 Å². The third kappa shape index (κ3) is 4.32. The zero-order valence-corrected chi connectivity index (χ0v) is 9.24. The van der Waals surface area contributed by atoms with Crippen molar-refractivity contribution in [3.8, 4) is 0 Å². The van der Waals surface area contributed by atoms with Crippen LogP contribution < -0.4 is 10.6 Å². The molecule has 14 heavy (non-hydrogen) atoms. The second-order valence-corrected chi connectivity index (χ2v) is 4.50. The number of alkyl halides is 3. The first-order chi connectivity index (χ1) is 6.49. The number of hydrogen-bond acceptors (Lipinski definition) is 2. The van der Waals surface area contributed by atoms with E-state index in [1.165, 1.54) is 0 Å². The van der Waals surface area contributed by atoms with Crippen molar-refractivity contribution in [2.45, 2.75) is 30.1 Å². The molecule has 3 nitrogen and oxygen atoms in total. The van der Waals surface area contributed by atoms with Gasteiger partial charge in [-0.15, -0.1) is 0 Å². The van der Waals surface area contributed by atoms with Crippen LogP contribution in [-0.4, -0.2) is 29.9 Å². The molecule has 0 aromatic rings. The van der Waals surface area contributed by atoms with E-state index >= 15 is 0 Å². The first kappa shape index (κ1) is 11.8. The monoisotopic (exact) mass is 270 g/mol. The zero-order chi connectivity index (χ0) is 10.6. The predicted molar refractivity (Wildman–Crippen MR) is 52.5 cm³/mol. The minimum Gasteiger partial charge on any atom is -0.348 e. The van der Waals surface area contributed by atoms with Gasteiger partial charge in [-0.2, -0.15) is 8.78 Å². The maximum absolute atomic E-state index is 12.3. The summed E-state index contributed by atoms with van der Waals surface area (Å²) in [5.41, 5.74) is 0. The van der Waals surface area contributed by atoms with Crippen LogP contribution in [0.3, 0.4) is 0 Å². The van der Waals surface area contributed by atoms with Gasteiger partial charge in [-0.05, 0) is 35.3 Å². The summed E-state index contributed by atoms with van der Waals surface area (Å²) < 4.78 is 24.7. The molecule has 2 N–H and O–H groups in total. The highest BCUT2D eigenvalue weighted by molar-refractivity contribution is 9.10. The molecule has 0 bridgehead atoms. The smallest absolute Gasteiger partial charge is 0.318 e. The molecule has 1 aliphatic heterocycles. The molecule has 1 aliphatic rings. The molecule has 0 aliphatic carbocycles. The number of hydrogen-bond donors (Lipinski definition) is 2. The van der Waals surface area contributed by atoms with Crippen LogP contribution in [0.15, 0.2) is 0 Å². The Morgan fingerprint density at radius 2 is 2.29 bits per heavy atom. The molecule has 0 aromatic carbocycles. The Morgan fingerprint density at radius 3 is 2.79 bits per heavy atom. The van der Waals surface area contributed by atoms with E-state index in [-0.39, 0.29) is 11.9 Å². The average molecular weight is 271 g/mol. The van der Waals surface area contributed by atoms with Crippen LogP contribution in [-0.2, 0) is 4.79 Å². The van der Waals surface area contributed by atoms with Crippen LogP contribution in [0.25, 0.3) is 0 Å². The lowest BCUT2D eigenvalue weighted by atomic mass is 10.0. The fraction of sp³-hybridized carbons (Fsp3) is 0.875. The van der Waals surface area contributed by atoms with Crippen molar-refractivity contribution in [2.75, 3.05) is 13.1 Å². The highest BCUT2D eigenvalue weighted by atomic mass is 79.9. The minimum atomic E-state index is -3.02. The Kier molecular flexibility index (Phi) is 4.25. The standard InChI is InChI=1S/C8H13BrF2N2O/c9-8(10,11)5-13-7(14)6-3-1-2-4-12-6/h6,12H,1-5H2,(H,13,14). The number of carbonyl (C=O) groups is 1. The zero-order valence-electron chi connectivity index (χ0n) is 7.66. The van der Waals surface area contributed by atoms with Crippen molar-refractivity contribution in [1.29, 1.82) is 0 Å². The Morgan fingerprint density at radius 1 is 1.57 bits per heavy atom. The van der Waals surface area contributed by atoms with E-state index in [2.05, 4.69) is 26.6 Å². The van der Waals surface area contributed by atoms with Crippen LogP contribution in [0, 0.1) is 0 Å². The second-order valence-electron chi connectivity index (χ2n) is 3.34. The lowest BCUT2D eigenvalue weighted by molar-refractivity contribution is -0.124. The van der Waals surface area contributed by atoms with E-state index in [4.69, 9.17) is 0 Å². The molecule has 1 fully saturated rings. The summed E-state index contributed by atoms with van der Waals surface area (Å²) in [6.45, 7) is 0.118. The van der Waals surface area contributed by atoms with Gasteiger partial charge in [0.25, 0.3) is 0 Å². The molecule has 1 heterocycles. The quantitative estimate of drug-likeness (QED) is 0.758. The number of rotatable bonds is 3. The fourth-order valence-electron chi connectivity index (χ4n) is 1.39. The first-order valence-corrected chi connectivity index (χ1v) is 5.36. The van der Waals surface area contributed by atoms with Crippen LogP contribution in [0.5, 0.6) is 0 Å². The highest BCUT2D eigenvalue weighted by Gasteiger charge is 2.27. The SMILES string of the molecule is O=C(NCC(F)(F)Br)C1CCCCN1. The fourth-order valence-corrected chi connectivity index (χ4v) is 1.53. The van der Waals surface area contributed by atoms with E-state index < -0.39 is 11.4 Å². The maximum atomic E-state index is 12.3. The van der Waals surface area contributed by atoms with Crippen molar-refractivity contribution in [1.82, 2.24) is 10.6 Å². The Bertz CT molecular complexity index is 202. The Hall–Kier alpha value is -0.230. The molecule has 1 saturated heterocycles. The van der Waals surface area contributed by atoms with Crippen LogP contribution in [0.2, 0.25) is 0 Å². The van der Waals surface area contributed by atoms with Crippen LogP contribution in [0.4, 0.5) is 8.78 Å². The summed E-state index contributed by atoms with van der Waals surface area (Å²) in [6.07, 6.45) is 2.73. The van der Waals surface area contributed by atoms with E-state index in [1.54, 1.807) is 0 Å². The van der Waals surface area contributed by atoms with Gasteiger partial charge in [-0.1, -0.05) is 6.42 Å². The van der Waals surface area contributed by atoms with E-state index in [9.17, 15) is 13.6 Å². The van der Waals surface area contributed by atoms with Gasteiger partial charge in [0.15, 0.2) is 0 Å². The lowest BCUT2D eigenvalue weighted by Crippen LogP contribution is -2.48. The third-order valence-corrected chi connectivity index (χ3v) is 2.37. The molecule has 1 rings (SSSR count).